The molecule has 2 amide bonds. The average Bonchev–Trinajstić information content (AvgIpc) is 2.89. The highest BCUT2D eigenvalue weighted by Gasteiger charge is 2.35. The fourth-order valence-corrected chi connectivity index (χ4v) is 5.28. The summed E-state index contributed by atoms with van der Waals surface area (Å²) in [4.78, 5) is 29.1. The van der Waals surface area contributed by atoms with Crippen molar-refractivity contribution in [2.24, 2.45) is 0 Å². The Morgan fingerprint density at radius 2 is 1.66 bits per heavy atom. The summed E-state index contributed by atoms with van der Waals surface area (Å²) >= 11 is 6.17. The van der Waals surface area contributed by atoms with Gasteiger partial charge in [-0.1, -0.05) is 60.1 Å². The van der Waals surface area contributed by atoms with Gasteiger partial charge in [0.15, 0.2) is 0 Å². The zero-order valence-corrected chi connectivity index (χ0v) is 25.3. The highest BCUT2D eigenvalue weighted by molar-refractivity contribution is 7.92. The molecule has 0 aliphatic heterocycles. The molecular weight excluding hydrogens is 569 g/mol. The topological polar surface area (TPSA) is 96.0 Å². The molecule has 3 aromatic rings. The van der Waals surface area contributed by atoms with Crippen molar-refractivity contribution in [3.63, 3.8) is 0 Å². The Balaban J connectivity index is 2.13. The molecule has 8 nitrogen and oxygen atoms in total. The molecule has 0 saturated carbocycles. The van der Waals surface area contributed by atoms with Gasteiger partial charge in [-0.2, -0.15) is 0 Å². The molecule has 0 spiro atoms. The van der Waals surface area contributed by atoms with E-state index in [1.807, 2.05) is 51.1 Å². The van der Waals surface area contributed by atoms with Crippen molar-refractivity contribution in [2.45, 2.75) is 45.3 Å². The van der Waals surface area contributed by atoms with E-state index in [0.29, 0.717) is 0 Å². The number of hydrogen-bond acceptors (Lipinski definition) is 5. The van der Waals surface area contributed by atoms with E-state index in [1.54, 1.807) is 6.07 Å². The van der Waals surface area contributed by atoms with E-state index >= 15 is 0 Å². The van der Waals surface area contributed by atoms with Gasteiger partial charge in [0.05, 0.1) is 19.1 Å². The summed E-state index contributed by atoms with van der Waals surface area (Å²) < 4.78 is 47.0. The molecular formula is C30H35ClFN3O5S. The van der Waals surface area contributed by atoms with Crippen LogP contribution in [0.3, 0.4) is 0 Å². The molecule has 0 fully saturated rings. The zero-order valence-electron chi connectivity index (χ0n) is 23.7. The Labute approximate surface area is 246 Å². The lowest BCUT2D eigenvalue weighted by Crippen LogP contribution is -2.56. The van der Waals surface area contributed by atoms with Gasteiger partial charge >= 0.3 is 0 Å². The summed E-state index contributed by atoms with van der Waals surface area (Å²) in [6.07, 6.45) is 1.07. The number of sulfonamides is 1. The smallest absolute Gasteiger partial charge is 0.244 e. The van der Waals surface area contributed by atoms with E-state index in [-0.39, 0.29) is 35.0 Å². The number of nitrogens with zero attached hydrogens (tertiary/aromatic N) is 2. The first-order chi connectivity index (χ1) is 19.2. The molecule has 1 N–H and O–H groups in total. The molecule has 11 heteroatoms. The summed E-state index contributed by atoms with van der Waals surface area (Å²) in [5, 5.41) is 3.15. The lowest BCUT2D eigenvalue weighted by atomic mass is 10.0. The molecule has 0 unspecified atom stereocenters. The van der Waals surface area contributed by atoms with Gasteiger partial charge < -0.3 is 15.0 Å². The number of methoxy groups -OCH3 is 1. The SMILES string of the molecule is COc1ccc(Cl)cc1N(CC(=O)N(Cc1ccccc1F)[C@@H](Cc1ccccc1)C(=O)NC(C)(C)C)S(C)(=O)=O. The average molecular weight is 604 g/mol. The number of carbonyl (C=O) groups excluding carboxylic acids is 2. The Morgan fingerprint density at radius 1 is 1.02 bits per heavy atom. The maximum atomic E-state index is 14.9. The second kappa shape index (κ2) is 13.4. The number of amides is 2. The minimum atomic E-state index is -4.04. The van der Waals surface area contributed by atoms with E-state index < -0.39 is 45.8 Å². The van der Waals surface area contributed by atoms with Crippen LogP contribution >= 0.6 is 11.6 Å². The van der Waals surface area contributed by atoms with Crippen LogP contribution in [0.4, 0.5) is 10.1 Å². The molecule has 0 aliphatic carbocycles. The largest absolute Gasteiger partial charge is 0.495 e. The lowest BCUT2D eigenvalue weighted by molar-refractivity contribution is -0.140. The van der Waals surface area contributed by atoms with Gasteiger partial charge in [0.1, 0.15) is 24.2 Å². The Morgan fingerprint density at radius 3 is 2.24 bits per heavy atom. The van der Waals surface area contributed by atoms with Crippen LogP contribution in [0.1, 0.15) is 31.9 Å². The van der Waals surface area contributed by atoms with Crippen LogP contribution in [0.5, 0.6) is 5.75 Å². The van der Waals surface area contributed by atoms with Gasteiger partial charge in [0, 0.05) is 29.1 Å². The monoisotopic (exact) mass is 603 g/mol. The molecule has 220 valence electrons. The number of anilines is 1. The predicted octanol–water partition coefficient (Wildman–Crippen LogP) is 4.81. The lowest BCUT2D eigenvalue weighted by Gasteiger charge is -2.35. The third-order valence-electron chi connectivity index (χ3n) is 6.16. The van der Waals surface area contributed by atoms with Crippen molar-refractivity contribution >= 4 is 39.1 Å². The van der Waals surface area contributed by atoms with Crippen LogP contribution < -0.4 is 14.4 Å². The van der Waals surface area contributed by atoms with Crippen LogP contribution in [-0.4, -0.2) is 56.6 Å². The zero-order chi connectivity index (χ0) is 30.4. The van der Waals surface area contributed by atoms with E-state index in [4.69, 9.17) is 16.3 Å². The standard InChI is InChI=1S/C30H35ClFN3O5S/c1-30(2,3)33-29(37)26(17-21-11-7-6-8-12-21)34(19-22-13-9-10-14-24(22)32)28(36)20-35(41(5,38)39)25-18-23(31)15-16-27(25)40-4/h6-16,18,26H,17,19-20H2,1-5H3,(H,33,37)/t26-/m0/s1. The van der Waals surface area contributed by atoms with E-state index in [9.17, 15) is 22.4 Å². The summed E-state index contributed by atoms with van der Waals surface area (Å²) in [5.41, 5.74) is 0.365. The normalized spacial score (nSPS) is 12.4. The summed E-state index contributed by atoms with van der Waals surface area (Å²) in [7, 11) is -2.67. The van der Waals surface area contributed by atoms with Gasteiger partial charge in [-0.05, 0) is 50.6 Å². The molecule has 0 heterocycles. The fourth-order valence-electron chi connectivity index (χ4n) is 4.27. The number of nitrogens with one attached hydrogen (secondary N) is 1. The van der Waals surface area contributed by atoms with Gasteiger partial charge in [-0.3, -0.25) is 13.9 Å². The first kappa shape index (κ1) is 31.9. The highest BCUT2D eigenvalue weighted by Crippen LogP contribution is 2.33. The van der Waals surface area contributed by atoms with Gasteiger partial charge in [0.2, 0.25) is 21.8 Å². The van der Waals surface area contributed by atoms with Crippen molar-refractivity contribution in [1.82, 2.24) is 10.2 Å². The molecule has 0 aromatic heterocycles. The van der Waals surface area contributed by atoms with Gasteiger partial charge in [0.25, 0.3) is 0 Å². The summed E-state index contributed by atoms with van der Waals surface area (Å²) in [6.45, 7) is 4.47. The van der Waals surface area contributed by atoms with Crippen LogP contribution in [-0.2, 0) is 32.6 Å². The van der Waals surface area contributed by atoms with Gasteiger partial charge in [-0.25, -0.2) is 12.8 Å². The van der Waals surface area contributed by atoms with Crippen molar-refractivity contribution in [2.75, 3.05) is 24.2 Å². The number of benzene rings is 3. The quantitative estimate of drug-likeness (QED) is 0.339. The summed E-state index contributed by atoms with van der Waals surface area (Å²) in [5.74, 6) is -1.56. The maximum absolute atomic E-state index is 14.9. The number of ether oxygens (including phenoxy) is 1. The fraction of sp³-hybridized carbons (Fsp3) is 0.333. The van der Waals surface area contributed by atoms with Crippen LogP contribution in [0.25, 0.3) is 0 Å². The number of hydrogen-bond donors (Lipinski definition) is 1. The first-order valence-corrected chi connectivity index (χ1v) is 15.1. The highest BCUT2D eigenvalue weighted by atomic mass is 35.5. The van der Waals surface area contributed by atoms with E-state index in [0.717, 1.165) is 16.1 Å². The number of halogens is 2. The molecule has 0 aliphatic rings. The Bertz CT molecular complexity index is 1480. The molecule has 0 saturated heterocycles. The molecule has 1 atom stereocenters. The van der Waals surface area contributed by atoms with Gasteiger partial charge in [-0.15, -0.1) is 0 Å². The molecule has 0 radical (unpaired) electrons. The van der Waals surface area contributed by atoms with Crippen LogP contribution in [0, 0.1) is 5.82 Å². The maximum Gasteiger partial charge on any atom is 0.244 e. The summed E-state index contributed by atoms with van der Waals surface area (Å²) in [6, 6.07) is 18.3. The minimum Gasteiger partial charge on any atom is -0.495 e. The second-order valence-electron chi connectivity index (χ2n) is 10.6. The molecule has 41 heavy (non-hydrogen) atoms. The second-order valence-corrected chi connectivity index (χ2v) is 13.0. The molecule has 3 aromatic carbocycles. The van der Waals surface area contributed by atoms with Crippen molar-refractivity contribution in [3.8, 4) is 5.75 Å². The first-order valence-electron chi connectivity index (χ1n) is 12.9. The van der Waals surface area contributed by atoms with Crippen LogP contribution in [0.15, 0.2) is 72.8 Å². The van der Waals surface area contributed by atoms with Crippen molar-refractivity contribution in [3.05, 3.63) is 94.8 Å². The third kappa shape index (κ3) is 8.93. The third-order valence-corrected chi connectivity index (χ3v) is 7.52. The van der Waals surface area contributed by atoms with E-state index in [1.165, 1.54) is 48.4 Å². The van der Waals surface area contributed by atoms with Crippen molar-refractivity contribution < 1.29 is 27.1 Å². The van der Waals surface area contributed by atoms with E-state index in [2.05, 4.69) is 5.32 Å². The minimum absolute atomic E-state index is 0.0560. The number of rotatable bonds is 11. The molecule has 0 bridgehead atoms. The Kier molecular flexibility index (Phi) is 10.4. The predicted molar refractivity (Wildman–Crippen MR) is 159 cm³/mol. The molecule has 3 rings (SSSR count). The Hall–Kier alpha value is -3.63. The van der Waals surface area contributed by atoms with Crippen molar-refractivity contribution in [1.29, 1.82) is 0 Å². The van der Waals surface area contributed by atoms with Crippen LogP contribution in [0.2, 0.25) is 5.02 Å². The number of carbonyl (C=O) groups is 2.